The van der Waals surface area contributed by atoms with E-state index in [1.807, 2.05) is 19.1 Å². The molecule has 0 unspecified atom stereocenters. The number of aromatic nitrogens is 1. The van der Waals surface area contributed by atoms with E-state index in [9.17, 15) is 0 Å². The van der Waals surface area contributed by atoms with Crippen molar-refractivity contribution in [2.45, 2.75) is 26.7 Å². The number of hydrogen-bond donors (Lipinski definition) is 2. The summed E-state index contributed by atoms with van der Waals surface area (Å²) in [5.41, 5.74) is 7.37. The van der Waals surface area contributed by atoms with Gasteiger partial charge in [0.15, 0.2) is 0 Å². The second kappa shape index (κ2) is 8.00. The molecule has 0 saturated carbocycles. The minimum atomic E-state index is 0.358. The molecule has 0 bridgehead atoms. The molecular weight excluding hydrogens is 246 g/mol. The first-order valence-electron chi connectivity index (χ1n) is 6.24. The maximum atomic E-state index is 5.65. The molecule has 0 aliphatic rings. The van der Waals surface area contributed by atoms with Crippen molar-refractivity contribution in [1.29, 1.82) is 0 Å². The van der Waals surface area contributed by atoms with Crippen LogP contribution < -0.4 is 11.1 Å². The van der Waals surface area contributed by atoms with Crippen LogP contribution in [0, 0.1) is 6.92 Å². The lowest BCUT2D eigenvalue weighted by Gasteiger charge is -2.11. The number of aryl methyl sites for hydroxylation is 1. The Labute approximate surface area is 114 Å². The lowest BCUT2D eigenvalue weighted by atomic mass is 10.2. The average molecular weight is 267 g/mol. The summed E-state index contributed by atoms with van der Waals surface area (Å²) < 4.78 is 5.47. The molecule has 3 N–H and O–H groups in total. The Kier molecular flexibility index (Phi) is 6.60. The van der Waals surface area contributed by atoms with Crippen molar-refractivity contribution >= 4 is 23.0 Å². The van der Waals surface area contributed by atoms with Crippen LogP contribution in [0.3, 0.4) is 0 Å². The van der Waals surface area contributed by atoms with Gasteiger partial charge in [0, 0.05) is 18.8 Å². The van der Waals surface area contributed by atoms with Gasteiger partial charge < -0.3 is 15.8 Å². The molecule has 0 aromatic carbocycles. The maximum absolute atomic E-state index is 5.65. The van der Waals surface area contributed by atoms with Crippen LogP contribution in [0.5, 0.6) is 0 Å². The van der Waals surface area contributed by atoms with Crippen molar-refractivity contribution in [3.63, 3.8) is 0 Å². The molecule has 0 amide bonds. The first-order valence-corrected chi connectivity index (χ1v) is 6.65. The van der Waals surface area contributed by atoms with Crippen LogP contribution in [0.15, 0.2) is 12.1 Å². The summed E-state index contributed by atoms with van der Waals surface area (Å²) in [7, 11) is 0. The van der Waals surface area contributed by atoms with E-state index in [-0.39, 0.29) is 0 Å². The number of nitrogens with two attached hydrogens (primary N) is 1. The van der Waals surface area contributed by atoms with Crippen LogP contribution in [0.4, 0.5) is 5.82 Å². The molecule has 0 saturated heterocycles. The first-order chi connectivity index (χ1) is 8.65. The summed E-state index contributed by atoms with van der Waals surface area (Å²) in [4.78, 5) is 4.75. The smallest absolute Gasteiger partial charge is 0.136 e. The number of anilines is 1. The number of pyridine rings is 1. The average Bonchev–Trinajstić information content (AvgIpc) is 2.33. The zero-order valence-corrected chi connectivity index (χ0v) is 11.8. The predicted molar refractivity (Wildman–Crippen MR) is 79.1 cm³/mol. The van der Waals surface area contributed by atoms with Crippen molar-refractivity contribution in [3.8, 4) is 0 Å². The molecule has 1 aromatic rings. The number of nitrogens with zero attached hydrogens (tertiary/aromatic N) is 1. The molecule has 1 heterocycles. The number of unbranched alkanes of at least 4 members (excludes halogenated alkanes) is 1. The van der Waals surface area contributed by atoms with E-state index in [0.29, 0.717) is 18.1 Å². The molecule has 5 heteroatoms. The van der Waals surface area contributed by atoms with E-state index in [1.54, 1.807) is 0 Å². The monoisotopic (exact) mass is 267 g/mol. The van der Waals surface area contributed by atoms with Gasteiger partial charge in [-0.25, -0.2) is 4.98 Å². The largest absolute Gasteiger partial charge is 0.389 e. The number of hydrogen-bond acceptors (Lipinski definition) is 4. The third-order valence-electron chi connectivity index (χ3n) is 2.48. The number of ether oxygens (including phenoxy) is 1. The fourth-order valence-corrected chi connectivity index (χ4v) is 1.65. The van der Waals surface area contributed by atoms with Gasteiger partial charge in [-0.1, -0.05) is 25.6 Å². The molecule has 0 spiro atoms. The minimum absolute atomic E-state index is 0.358. The Bertz CT molecular complexity index is 396. The topological polar surface area (TPSA) is 60.2 Å². The van der Waals surface area contributed by atoms with E-state index in [0.717, 1.165) is 36.5 Å². The molecule has 1 aromatic heterocycles. The summed E-state index contributed by atoms with van der Waals surface area (Å²) in [6.45, 7) is 6.25. The quantitative estimate of drug-likeness (QED) is 0.559. The SMILES string of the molecule is CCCCOCCNc1nc(C)ccc1C(N)=S. The Hall–Kier alpha value is -1.20. The molecule has 18 heavy (non-hydrogen) atoms. The van der Waals surface area contributed by atoms with Gasteiger partial charge in [0.05, 0.1) is 12.2 Å². The molecule has 1 rings (SSSR count). The second-order valence-corrected chi connectivity index (χ2v) is 4.55. The number of nitrogens with one attached hydrogen (secondary N) is 1. The summed E-state index contributed by atoms with van der Waals surface area (Å²) in [5.74, 6) is 0.738. The van der Waals surface area contributed by atoms with Gasteiger partial charge in [-0.05, 0) is 25.5 Å². The second-order valence-electron chi connectivity index (χ2n) is 4.11. The summed E-state index contributed by atoms with van der Waals surface area (Å²) in [6, 6.07) is 3.79. The highest BCUT2D eigenvalue weighted by Crippen LogP contribution is 2.12. The van der Waals surface area contributed by atoms with Gasteiger partial charge in [0.25, 0.3) is 0 Å². The van der Waals surface area contributed by atoms with Crippen molar-refractivity contribution in [2.75, 3.05) is 25.1 Å². The van der Waals surface area contributed by atoms with Gasteiger partial charge in [0.1, 0.15) is 10.8 Å². The highest BCUT2D eigenvalue weighted by atomic mass is 32.1. The number of rotatable bonds is 8. The lowest BCUT2D eigenvalue weighted by molar-refractivity contribution is 0.141. The zero-order valence-electron chi connectivity index (χ0n) is 11.0. The molecule has 0 radical (unpaired) electrons. The predicted octanol–water partition coefficient (Wildman–Crippen LogP) is 2.25. The van der Waals surface area contributed by atoms with Crippen LogP contribution in [0.2, 0.25) is 0 Å². The highest BCUT2D eigenvalue weighted by Gasteiger charge is 2.06. The van der Waals surface area contributed by atoms with E-state index in [4.69, 9.17) is 22.7 Å². The van der Waals surface area contributed by atoms with Gasteiger partial charge >= 0.3 is 0 Å². The maximum Gasteiger partial charge on any atom is 0.136 e. The first kappa shape index (κ1) is 14.9. The van der Waals surface area contributed by atoms with Crippen molar-refractivity contribution in [3.05, 3.63) is 23.4 Å². The zero-order chi connectivity index (χ0) is 13.4. The molecule has 0 atom stereocenters. The van der Waals surface area contributed by atoms with Crippen molar-refractivity contribution in [1.82, 2.24) is 4.98 Å². The summed E-state index contributed by atoms with van der Waals surface area (Å²) in [6.07, 6.45) is 2.25. The summed E-state index contributed by atoms with van der Waals surface area (Å²) >= 11 is 5.00. The third-order valence-corrected chi connectivity index (χ3v) is 2.70. The molecular formula is C13H21N3OS. The normalized spacial score (nSPS) is 10.3. The van der Waals surface area contributed by atoms with Gasteiger partial charge in [-0.3, -0.25) is 0 Å². The van der Waals surface area contributed by atoms with Gasteiger partial charge in [0.2, 0.25) is 0 Å². The standard InChI is InChI=1S/C13H21N3OS/c1-3-4-8-17-9-7-15-13-11(12(14)18)6-5-10(2)16-13/h5-6H,3-4,7-9H2,1-2H3,(H2,14,18)(H,15,16). The van der Waals surface area contributed by atoms with Crippen molar-refractivity contribution in [2.24, 2.45) is 5.73 Å². The Morgan fingerprint density at radius 2 is 2.22 bits per heavy atom. The lowest BCUT2D eigenvalue weighted by Crippen LogP contribution is -2.17. The van der Waals surface area contributed by atoms with Crippen LogP contribution in [0.25, 0.3) is 0 Å². The van der Waals surface area contributed by atoms with Crippen LogP contribution >= 0.6 is 12.2 Å². The van der Waals surface area contributed by atoms with E-state index in [1.165, 1.54) is 0 Å². The molecule has 0 aliphatic heterocycles. The van der Waals surface area contributed by atoms with Crippen LogP contribution in [-0.4, -0.2) is 29.7 Å². The third kappa shape index (κ3) is 4.98. The Morgan fingerprint density at radius 3 is 2.89 bits per heavy atom. The van der Waals surface area contributed by atoms with Crippen molar-refractivity contribution < 1.29 is 4.74 Å². The number of thiocarbonyl (C=S) groups is 1. The highest BCUT2D eigenvalue weighted by molar-refractivity contribution is 7.80. The molecule has 0 fully saturated rings. The molecule has 0 aliphatic carbocycles. The van der Waals surface area contributed by atoms with Crippen LogP contribution in [-0.2, 0) is 4.74 Å². The van der Waals surface area contributed by atoms with Crippen LogP contribution in [0.1, 0.15) is 31.0 Å². The Balaban J connectivity index is 2.45. The molecule has 4 nitrogen and oxygen atoms in total. The molecule has 100 valence electrons. The minimum Gasteiger partial charge on any atom is -0.389 e. The van der Waals surface area contributed by atoms with E-state index < -0.39 is 0 Å². The Morgan fingerprint density at radius 1 is 1.44 bits per heavy atom. The van der Waals surface area contributed by atoms with E-state index >= 15 is 0 Å². The fourth-order valence-electron chi connectivity index (χ4n) is 1.48. The van der Waals surface area contributed by atoms with Gasteiger partial charge in [-0.15, -0.1) is 0 Å². The van der Waals surface area contributed by atoms with Gasteiger partial charge in [-0.2, -0.15) is 0 Å². The summed E-state index contributed by atoms with van der Waals surface area (Å²) in [5, 5.41) is 3.21. The van der Waals surface area contributed by atoms with E-state index in [2.05, 4.69) is 17.2 Å². The fraction of sp³-hybridized carbons (Fsp3) is 0.538.